The van der Waals surface area contributed by atoms with E-state index in [-0.39, 0.29) is 6.54 Å². The highest BCUT2D eigenvalue weighted by atomic mass is 16.5. The van der Waals surface area contributed by atoms with Crippen LogP contribution in [-0.2, 0) is 11.2 Å². The van der Waals surface area contributed by atoms with Gasteiger partial charge in [0.15, 0.2) is 0 Å². The van der Waals surface area contributed by atoms with Gasteiger partial charge in [-0.1, -0.05) is 42.5 Å². The molecule has 0 spiro atoms. The van der Waals surface area contributed by atoms with Crippen LogP contribution in [0.2, 0.25) is 0 Å². The van der Waals surface area contributed by atoms with Gasteiger partial charge in [0.05, 0.1) is 19.3 Å². The van der Waals surface area contributed by atoms with E-state index in [9.17, 15) is 15.3 Å². The van der Waals surface area contributed by atoms with Gasteiger partial charge in [0.1, 0.15) is 12.2 Å². The van der Waals surface area contributed by atoms with Crippen molar-refractivity contribution >= 4 is 10.8 Å². The first-order valence-electron chi connectivity index (χ1n) is 9.39. The molecule has 6 nitrogen and oxygen atoms in total. The van der Waals surface area contributed by atoms with Gasteiger partial charge in [0.2, 0.25) is 0 Å². The largest absolute Gasteiger partial charge is 0.394 e. The number of rotatable bonds is 12. The highest BCUT2D eigenvalue weighted by Crippen LogP contribution is 2.19. The molecule has 6 heteroatoms. The summed E-state index contributed by atoms with van der Waals surface area (Å²) in [7, 11) is 1.62. The molecule has 0 bridgehead atoms. The van der Waals surface area contributed by atoms with Crippen LogP contribution in [0, 0.1) is 0 Å². The van der Waals surface area contributed by atoms with E-state index in [1.807, 2.05) is 17.0 Å². The number of benzene rings is 2. The summed E-state index contributed by atoms with van der Waals surface area (Å²) in [6.07, 6.45) is -2.06. The van der Waals surface area contributed by atoms with Gasteiger partial charge in [-0.2, -0.15) is 0 Å². The van der Waals surface area contributed by atoms with Crippen molar-refractivity contribution in [1.29, 1.82) is 0 Å². The predicted molar refractivity (Wildman–Crippen MR) is 106 cm³/mol. The maximum atomic E-state index is 10.1. The zero-order valence-corrected chi connectivity index (χ0v) is 15.9. The number of fused-ring (bicyclic) bond motifs is 1. The van der Waals surface area contributed by atoms with Crippen LogP contribution in [0.25, 0.3) is 10.8 Å². The average molecular weight is 377 g/mol. The normalized spacial score (nSPS) is 15.2. The number of hydrogen-bond acceptors (Lipinski definition) is 6. The Balaban J connectivity index is 1.93. The van der Waals surface area contributed by atoms with Crippen molar-refractivity contribution in [3.63, 3.8) is 0 Å². The van der Waals surface area contributed by atoms with Crippen molar-refractivity contribution < 1.29 is 25.2 Å². The highest BCUT2D eigenvalue weighted by molar-refractivity contribution is 5.85. The Morgan fingerprint density at radius 2 is 1.70 bits per heavy atom. The summed E-state index contributed by atoms with van der Waals surface area (Å²) in [4.78, 5) is 2.01. The smallest absolute Gasteiger partial charge is 0.109 e. The fourth-order valence-electron chi connectivity index (χ4n) is 3.26. The van der Waals surface area contributed by atoms with E-state index in [4.69, 9.17) is 9.84 Å². The Kier molecular flexibility index (Phi) is 9.14. The zero-order chi connectivity index (χ0) is 19.6. The molecule has 0 heterocycles. The van der Waals surface area contributed by atoms with Crippen LogP contribution in [0.3, 0.4) is 0 Å². The first-order chi connectivity index (χ1) is 13.1. The lowest BCUT2D eigenvalue weighted by molar-refractivity contribution is -0.0849. The molecule has 3 atom stereocenters. The number of methoxy groups -OCH3 is 1. The minimum atomic E-state index is -1.38. The fourth-order valence-corrected chi connectivity index (χ4v) is 3.26. The van der Waals surface area contributed by atoms with E-state index in [1.54, 1.807) is 7.11 Å². The number of aliphatic hydroxyl groups is 4. The second kappa shape index (κ2) is 11.3. The van der Waals surface area contributed by atoms with E-state index in [2.05, 4.69) is 30.3 Å². The van der Waals surface area contributed by atoms with Crippen LogP contribution < -0.4 is 0 Å². The molecule has 2 aromatic carbocycles. The van der Waals surface area contributed by atoms with Crippen molar-refractivity contribution in [3.8, 4) is 0 Å². The van der Waals surface area contributed by atoms with Gasteiger partial charge in [-0.3, -0.25) is 4.90 Å². The Labute approximate surface area is 160 Å². The predicted octanol–water partition coefficient (Wildman–Crippen LogP) is 0.796. The standard InChI is InChI=1S/C21H31NO5/c1-27-13-12-22(14-19(24)21(26)20(25)15-23)11-5-9-17-8-4-7-16-6-2-3-10-18(16)17/h2-4,6-8,10,19-21,23-26H,5,9,11-15H2,1H3/t19-,20+,21+/m0/s1. The second-order valence-corrected chi connectivity index (χ2v) is 6.84. The fraction of sp³-hybridized carbons (Fsp3) is 0.524. The lowest BCUT2D eigenvalue weighted by Crippen LogP contribution is -2.46. The lowest BCUT2D eigenvalue weighted by atomic mass is 10.0. The molecule has 0 aliphatic heterocycles. The van der Waals surface area contributed by atoms with Gasteiger partial charge in [0.25, 0.3) is 0 Å². The van der Waals surface area contributed by atoms with Crippen molar-refractivity contribution in [2.24, 2.45) is 0 Å². The van der Waals surface area contributed by atoms with E-state index >= 15 is 0 Å². The van der Waals surface area contributed by atoms with Crippen molar-refractivity contribution in [3.05, 3.63) is 48.0 Å². The third kappa shape index (κ3) is 6.53. The van der Waals surface area contributed by atoms with Gasteiger partial charge >= 0.3 is 0 Å². The second-order valence-electron chi connectivity index (χ2n) is 6.84. The molecular formula is C21H31NO5. The molecule has 0 saturated carbocycles. The molecular weight excluding hydrogens is 346 g/mol. The quantitative estimate of drug-likeness (QED) is 0.437. The first kappa shape index (κ1) is 21.8. The van der Waals surface area contributed by atoms with Gasteiger partial charge in [-0.05, 0) is 35.7 Å². The molecule has 0 unspecified atom stereocenters. The van der Waals surface area contributed by atoms with Crippen molar-refractivity contribution in [2.75, 3.05) is 40.0 Å². The Morgan fingerprint density at radius 3 is 2.44 bits per heavy atom. The van der Waals surface area contributed by atoms with Crippen molar-refractivity contribution in [2.45, 2.75) is 31.2 Å². The maximum absolute atomic E-state index is 10.1. The van der Waals surface area contributed by atoms with Crippen LogP contribution in [0.1, 0.15) is 12.0 Å². The van der Waals surface area contributed by atoms with Gasteiger partial charge in [-0.15, -0.1) is 0 Å². The summed E-state index contributed by atoms with van der Waals surface area (Å²) in [6, 6.07) is 14.6. The number of aryl methyl sites for hydroxylation is 1. The topological polar surface area (TPSA) is 93.4 Å². The molecule has 150 valence electrons. The van der Waals surface area contributed by atoms with Gasteiger partial charge < -0.3 is 25.2 Å². The monoisotopic (exact) mass is 377 g/mol. The molecule has 0 aromatic heterocycles. The van der Waals surface area contributed by atoms with E-state index in [0.717, 1.165) is 19.4 Å². The minimum Gasteiger partial charge on any atom is -0.394 e. The number of hydrogen-bond donors (Lipinski definition) is 4. The van der Waals surface area contributed by atoms with Crippen LogP contribution in [-0.4, -0.2) is 83.6 Å². The zero-order valence-electron chi connectivity index (χ0n) is 15.9. The maximum Gasteiger partial charge on any atom is 0.109 e. The average Bonchev–Trinajstić information content (AvgIpc) is 2.70. The molecule has 4 N–H and O–H groups in total. The van der Waals surface area contributed by atoms with Gasteiger partial charge in [0, 0.05) is 20.2 Å². The summed E-state index contributed by atoms with van der Waals surface area (Å²) in [6.45, 7) is 1.48. The molecule has 2 aromatic rings. The van der Waals surface area contributed by atoms with Crippen LogP contribution in [0.15, 0.2) is 42.5 Å². The van der Waals surface area contributed by atoms with E-state index in [0.29, 0.717) is 13.2 Å². The molecule has 0 saturated heterocycles. The third-order valence-electron chi connectivity index (χ3n) is 4.83. The SMILES string of the molecule is COCCN(CCCc1cccc2ccccc12)C[C@H](O)[C@@H](O)[C@H](O)CO. The third-order valence-corrected chi connectivity index (χ3v) is 4.83. The Hall–Kier alpha value is -1.54. The van der Waals surface area contributed by atoms with Gasteiger partial charge in [-0.25, -0.2) is 0 Å². The van der Waals surface area contributed by atoms with Crippen LogP contribution in [0.4, 0.5) is 0 Å². The number of aliphatic hydroxyl groups excluding tert-OH is 4. The summed E-state index contributed by atoms with van der Waals surface area (Å²) >= 11 is 0. The van der Waals surface area contributed by atoms with Crippen LogP contribution >= 0.6 is 0 Å². The summed E-state index contributed by atoms with van der Waals surface area (Å²) in [5.41, 5.74) is 1.29. The molecule has 0 amide bonds. The Morgan fingerprint density at radius 1 is 0.963 bits per heavy atom. The molecule has 0 aliphatic rings. The van der Waals surface area contributed by atoms with E-state index < -0.39 is 24.9 Å². The van der Waals surface area contributed by atoms with E-state index in [1.165, 1.54) is 16.3 Å². The van der Waals surface area contributed by atoms with Crippen LogP contribution in [0.5, 0.6) is 0 Å². The highest BCUT2D eigenvalue weighted by Gasteiger charge is 2.25. The summed E-state index contributed by atoms with van der Waals surface area (Å²) in [5, 5.41) is 40.9. The number of nitrogens with zero attached hydrogens (tertiary/aromatic N) is 1. The summed E-state index contributed by atoms with van der Waals surface area (Å²) < 4.78 is 5.13. The Bertz CT molecular complexity index is 675. The molecule has 2 rings (SSSR count). The molecule has 0 fully saturated rings. The summed E-state index contributed by atoms with van der Waals surface area (Å²) in [5.74, 6) is 0. The molecule has 27 heavy (non-hydrogen) atoms. The molecule has 0 aliphatic carbocycles. The molecule has 0 radical (unpaired) electrons. The first-order valence-corrected chi connectivity index (χ1v) is 9.39. The number of ether oxygens (including phenoxy) is 1. The van der Waals surface area contributed by atoms with Crippen molar-refractivity contribution in [1.82, 2.24) is 4.90 Å². The lowest BCUT2D eigenvalue weighted by Gasteiger charge is -2.28. The minimum absolute atomic E-state index is 0.205.